The molecule has 1 saturated heterocycles. The van der Waals surface area contributed by atoms with Crippen molar-refractivity contribution >= 4 is 32.9 Å². The molecule has 2 aromatic heterocycles. The molecule has 12 heteroatoms. The van der Waals surface area contributed by atoms with E-state index in [9.17, 15) is 18.0 Å². The largest absolute Gasteiger partial charge is 0.494 e. The molecular formula is C31H35N5O6S. The van der Waals surface area contributed by atoms with E-state index >= 15 is 0 Å². The Morgan fingerprint density at radius 3 is 2.47 bits per heavy atom. The van der Waals surface area contributed by atoms with Gasteiger partial charge in [0.1, 0.15) is 22.8 Å². The number of hydrogen-bond donors (Lipinski definition) is 1. The number of aromatic nitrogens is 4. The molecule has 1 aliphatic heterocycles. The zero-order chi connectivity index (χ0) is 30.7. The second-order valence-corrected chi connectivity index (χ2v) is 12.1. The lowest BCUT2D eigenvalue weighted by Gasteiger charge is -2.27. The maximum atomic E-state index is 13.9. The second kappa shape index (κ2) is 12.5. The number of carbonyl (C=O) groups is 1. The van der Waals surface area contributed by atoms with Crippen LogP contribution in [0.4, 0.5) is 0 Å². The predicted molar refractivity (Wildman–Crippen MR) is 164 cm³/mol. The quantitative estimate of drug-likeness (QED) is 0.267. The van der Waals surface area contributed by atoms with Crippen molar-refractivity contribution in [3.8, 4) is 22.9 Å². The molecular weight excluding hydrogens is 570 g/mol. The minimum Gasteiger partial charge on any atom is -0.494 e. The van der Waals surface area contributed by atoms with Crippen LogP contribution in [-0.4, -0.2) is 64.6 Å². The van der Waals surface area contributed by atoms with Crippen molar-refractivity contribution in [3.05, 3.63) is 69.6 Å². The van der Waals surface area contributed by atoms with Crippen LogP contribution in [0, 0.1) is 0 Å². The van der Waals surface area contributed by atoms with Gasteiger partial charge < -0.3 is 14.5 Å². The van der Waals surface area contributed by atoms with E-state index < -0.39 is 10.0 Å². The summed E-state index contributed by atoms with van der Waals surface area (Å²) in [5.41, 5.74) is 2.65. The molecule has 0 radical (unpaired) electrons. The Kier molecular flexibility index (Phi) is 8.79. The van der Waals surface area contributed by atoms with Crippen LogP contribution >= 0.6 is 0 Å². The zero-order valence-electron chi connectivity index (χ0n) is 24.7. The number of piperidine rings is 1. The fourth-order valence-electron chi connectivity index (χ4n) is 5.17. The lowest BCUT2D eigenvalue weighted by molar-refractivity contribution is -0.116. The summed E-state index contributed by atoms with van der Waals surface area (Å²) in [5.74, 6) is 1.19. The molecule has 1 fully saturated rings. The Morgan fingerprint density at radius 2 is 1.77 bits per heavy atom. The van der Waals surface area contributed by atoms with Gasteiger partial charge in [-0.3, -0.25) is 14.3 Å². The van der Waals surface area contributed by atoms with Gasteiger partial charge in [-0.15, -0.1) is 0 Å². The van der Waals surface area contributed by atoms with Gasteiger partial charge >= 0.3 is 0 Å². The topological polar surface area (TPSA) is 136 Å². The first kappa shape index (κ1) is 30.2. The molecule has 0 spiro atoms. The first-order valence-electron chi connectivity index (χ1n) is 14.4. The van der Waals surface area contributed by atoms with Crippen LogP contribution in [0.1, 0.15) is 44.9 Å². The molecule has 11 nitrogen and oxygen atoms in total. The van der Waals surface area contributed by atoms with E-state index in [1.807, 2.05) is 45.0 Å². The number of aryl methyl sites for hydroxylation is 2. The number of aromatic amines is 1. The minimum atomic E-state index is -4.02. The van der Waals surface area contributed by atoms with Gasteiger partial charge in [0.25, 0.3) is 5.56 Å². The number of carbonyl (C=O) groups excluding carboxylic acids is 1. The van der Waals surface area contributed by atoms with E-state index in [1.165, 1.54) is 21.1 Å². The smallest absolute Gasteiger partial charge is 0.277 e. The van der Waals surface area contributed by atoms with E-state index in [-0.39, 0.29) is 41.6 Å². The van der Waals surface area contributed by atoms with Crippen LogP contribution in [0.15, 0.2) is 57.7 Å². The van der Waals surface area contributed by atoms with E-state index in [4.69, 9.17) is 14.5 Å². The van der Waals surface area contributed by atoms with Crippen molar-refractivity contribution in [2.45, 2.75) is 44.9 Å². The van der Waals surface area contributed by atoms with Crippen LogP contribution in [0.3, 0.4) is 0 Å². The average Bonchev–Trinajstić information content (AvgIpc) is 3.30. The van der Waals surface area contributed by atoms with Gasteiger partial charge in [-0.05, 0) is 62.2 Å². The molecule has 2 aromatic carbocycles. The third-order valence-electron chi connectivity index (χ3n) is 7.22. The highest BCUT2D eigenvalue weighted by molar-refractivity contribution is 7.89. The Hall–Kier alpha value is -4.29. The number of H-pyrrole nitrogens is 1. The van der Waals surface area contributed by atoms with Crippen LogP contribution in [0.2, 0.25) is 0 Å². The van der Waals surface area contributed by atoms with E-state index in [1.54, 1.807) is 19.2 Å². The standard InChI is InChI=1S/C31H35N5O6S/c1-5-8-25-28-29(35(4)34-25)31(38)33-30(32-28)24-18-23(13-14-27(24)42-7-3)43(39,40)36-16-15-26(37)21(19-36)17-20-9-11-22(12-10-20)41-6-2/h9-14,17-18H,5-8,15-16,19H2,1-4H3,(H,32,33,38)/b21-17+. The van der Waals surface area contributed by atoms with Crippen LogP contribution in [0.5, 0.6) is 11.5 Å². The van der Waals surface area contributed by atoms with Crippen molar-refractivity contribution in [1.82, 2.24) is 24.1 Å². The molecule has 43 heavy (non-hydrogen) atoms. The van der Waals surface area contributed by atoms with Gasteiger partial charge in [-0.1, -0.05) is 25.5 Å². The molecule has 1 N–H and O–H groups in total. The molecule has 0 aliphatic carbocycles. The summed E-state index contributed by atoms with van der Waals surface area (Å²) in [7, 11) is -2.33. The highest BCUT2D eigenvalue weighted by Crippen LogP contribution is 2.33. The van der Waals surface area contributed by atoms with Crippen molar-refractivity contribution in [3.63, 3.8) is 0 Å². The third-order valence-corrected chi connectivity index (χ3v) is 9.06. The number of Topliss-reactive ketones (excluding diaryl/α,β-unsaturated/α-hetero) is 1. The van der Waals surface area contributed by atoms with Gasteiger partial charge in [0, 0.05) is 32.1 Å². The summed E-state index contributed by atoms with van der Waals surface area (Å²) in [4.78, 5) is 33.4. The fourth-order valence-corrected chi connectivity index (χ4v) is 6.61. The van der Waals surface area contributed by atoms with Gasteiger partial charge in [0.15, 0.2) is 11.3 Å². The maximum absolute atomic E-state index is 13.9. The van der Waals surface area contributed by atoms with Crippen LogP contribution in [0.25, 0.3) is 28.5 Å². The molecule has 0 atom stereocenters. The van der Waals surface area contributed by atoms with Gasteiger partial charge in [0.2, 0.25) is 10.0 Å². The summed E-state index contributed by atoms with van der Waals surface area (Å²) in [6.45, 7) is 6.60. The first-order valence-corrected chi connectivity index (χ1v) is 15.8. The molecule has 0 amide bonds. The van der Waals surface area contributed by atoms with Crippen molar-refractivity contribution in [2.75, 3.05) is 26.3 Å². The summed E-state index contributed by atoms with van der Waals surface area (Å²) in [6.07, 6.45) is 3.25. The number of sulfonamides is 1. The summed E-state index contributed by atoms with van der Waals surface area (Å²) in [5, 5.41) is 4.47. The highest BCUT2D eigenvalue weighted by Gasteiger charge is 2.32. The number of ether oxygens (including phenoxy) is 2. The molecule has 0 unspecified atom stereocenters. The van der Waals surface area contributed by atoms with Gasteiger partial charge in [0.05, 0.1) is 29.4 Å². The molecule has 5 rings (SSSR count). The number of benzene rings is 2. The van der Waals surface area contributed by atoms with Crippen LogP contribution in [-0.2, 0) is 28.3 Å². The number of ketones is 1. The number of hydrogen-bond acceptors (Lipinski definition) is 8. The Balaban J connectivity index is 1.52. The lowest BCUT2D eigenvalue weighted by atomic mass is 10.0. The maximum Gasteiger partial charge on any atom is 0.277 e. The van der Waals surface area contributed by atoms with Crippen molar-refractivity contribution < 1.29 is 22.7 Å². The summed E-state index contributed by atoms with van der Waals surface area (Å²) in [6, 6.07) is 11.8. The van der Waals surface area contributed by atoms with Crippen molar-refractivity contribution in [1.29, 1.82) is 0 Å². The number of nitrogens with zero attached hydrogens (tertiary/aromatic N) is 4. The first-order chi connectivity index (χ1) is 20.7. The summed E-state index contributed by atoms with van der Waals surface area (Å²) >= 11 is 0. The Bertz CT molecular complexity index is 1860. The van der Waals surface area contributed by atoms with E-state index in [0.717, 1.165) is 17.7 Å². The van der Waals surface area contributed by atoms with E-state index in [2.05, 4.69) is 10.1 Å². The third kappa shape index (κ3) is 6.11. The summed E-state index contributed by atoms with van der Waals surface area (Å²) < 4.78 is 41.9. The number of rotatable bonds is 10. The monoisotopic (exact) mass is 605 g/mol. The molecule has 0 saturated carbocycles. The number of fused-ring (bicyclic) bond motifs is 1. The van der Waals surface area contributed by atoms with E-state index in [0.29, 0.717) is 53.2 Å². The normalized spacial score (nSPS) is 15.3. The zero-order valence-corrected chi connectivity index (χ0v) is 25.5. The molecule has 226 valence electrons. The van der Waals surface area contributed by atoms with Crippen LogP contribution < -0.4 is 15.0 Å². The number of nitrogens with one attached hydrogen (secondary N) is 1. The van der Waals surface area contributed by atoms with Gasteiger partial charge in [-0.2, -0.15) is 9.40 Å². The second-order valence-electron chi connectivity index (χ2n) is 10.2. The Morgan fingerprint density at radius 1 is 1.02 bits per heavy atom. The van der Waals surface area contributed by atoms with Crippen molar-refractivity contribution in [2.24, 2.45) is 7.05 Å². The molecule has 4 aromatic rings. The lowest BCUT2D eigenvalue weighted by Crippen LogP contribution is -2.40. The SMILES string of the molecule is CCCc1nn(C)c2c(=O)[nH]c(-c3cc(S(=O)(=O)N4CCC(=O)/C(=C/c5ccc(OCC)cc5)C4)ccc3OCC)nc12. The fraction of sp³-hybridized carbons (Fsp3) is 0.355. The Labute approximate surface area is 250 Å². The molecule has 0 bridgehead atoms. The predicted octanol–water partition coefficient (Wildman–Crippen LogP) is 4.12. The molecule has 1 aliphatic rings. The minimum absolute atomic E-state index is 0.00318. The average molecular weight is 606 g/mol. The molecule has 3 heterocycles. The van der Waals surface area contributed by atoms with Gasteiger partial charge in [-0.25, -0.2) is 13.4 Å². The highest BCUT2D eigenvalue weighted by atomic mass is 32.2.